The number of hydrogen-bond donors (Lipinski definition) is 0. The van der Waals surface area contributed by atoms with Gasteiger partial charge in [0.05, 0.1) is 16.0 Å². The Morgan fingerprint density at radius 2 is 1.92 bits per heavy atom. The number of hydrogen-bond acceptors (Lipinski definition) is 6. The van der Waals surface area contributed by atoms with Crippen molar-refractivity contribution in [2.24, 2.45) is 0 Å². The molecule has 2 heterocycles. The standard InChI is InChI=1S/C18H15N3OS2/c1-11-7-8-13(9-12(11)2)17-20-21-18(22-17)23-10-16-19-14-5-3-4-6-15(14)24-16/h3-9H,10H2,1-2H3. The van der Waals surface area contributed by atoms with Crippen LogP contribution in [-0.4, -0.2) is 15.2 Å². The van der Waals surface area contributed by atoms with E-state index < -0.39 is 0 Å². The van der Waals surface area contributed by atoms with E-state index in [4.69, 9.17) is 4.42 Å². The van der Waals surface area contributed by atoms with Crippen molar-refractivity contribution in [2.75, 3.05) is 0 Å². The van der Waals surface area contributed by atoms with Crippen LogP contribution in [0, 0.1) is 13.8 Å². The van der Waals surface area contributed by atoms with Gasteiger partial charge in [-0.3, -0.25) is 0 Å². The summed E-state index contributed by atoms with van der Waals surface area (Å²) >= 11 is 3.22. The van der Waals surface area contributed by atoms with Gasteiger partial charge in [-0.15, -0.1) is 21.5 Å². The molecule has 0 radical (unpaired) electrons. The number of fused-ring (bicyclic) bond motifs is 1. The Morgan fingerprint density at radius 1 is 1.04 bits per heavy atom. The third kappa shape index (κ3) is 3.07. The molecule has 4 nitrogen and oxygen atoms in total. The molecule has 24 heavy (non-hydrogen) atoms. The topological polar surface area (TPSA) is 51.8 Å². The van der Waals surface area contributed by atoms with Crippen LogP contribution in [0.25, 0.3) is 21.7 Å². The Morgan fingerprint density at radius 3 is 2.75 bits per heavy atom. The van der Waals surface area contributed by atoms with Crippen LogP contribution in [0.3, 0.4) is 0 Å². The molecule has 0 amide bonds. The number of rotatable bonds is 4. The summed E-state index contributed by atoms with van der Waals surface area (Å²) in [5, 5.41) is 9.93. The monoisotopic (exact) mass is 353 g/mol. The maximum absolute atomic E-state index is 5.78. The lowest BCUT2D eigenvalue weighted by molar-refractivity contribution is 0.466. The fourth-order valence-corrected chi connectivity index (χ4v) is 4.09. The molecule has 2 aromatic carbocycles. The van der Waals surface area contributed by atoms with Gasteiger partial charge >= 0.3 is 0 Å². The van der Waals surface area contributed by atoms with E-state index in [-0.39, 0.29) is 0 Å². The summed E-state index contributed by atoms with van der Waals surface area (Å²) in [7, 11) is 0. The van der Waals surface area contributed by atoms with E-state index in [2.05, 4.69) is 47.2 Å². The molecule has 0 atom stereocenters. The summed E-state index contributed by atoms with van der Waals surface area (Å²) in [6, 6.07) is 14.3. The van der Waals surface area contributed by atoms with Gasteiger partial charge in [0.2, 0.25) is 5.89 Å². The predicted octanol–water partition coefficient (Wildman–Crippen LogP) is 5.26. The molecule has 2 aromatic heterocycles. The molecule has 0 saturated heterocycles. The number of thioether (sulfide) groups is 1. The van der Waals surface area contributed by atoms with Crippen molar-refractivity contribution in [3.63, 3.8) is 0 Å². The minimum Gasteiger partial charge on any atom is -0.411 e. The van der Waals surface area contributed by atoms with Crippen molar-refractivity contribution in [3.05, 3.63) is 58.6 Å². The molecular weight excluding hydrogens is 338 g/mol. The van der Waals surface area contributed by atoms with Crippen LogP contribution >= 0.6 is 23.1 Å². The van der Waals surface area contributed by atoms with Gasteiger partial charge in [0.15, 0.2) is 0 Å². The fourth-order valence-electron chi connectivity index (χ4n) is 2.36. The van der Waals surface area contributed by atoms with Crippen LogP contribution in [0.15, 0.2) is 52.1 Å². The zero-order valence-corrected chi connectivity index (χ0v) is 14.9. The first-order chi connectivity index (χ1) is 11.7. The largest absolute Gasteiger partial charge is 0.411 e. The highest BCUT2D eigenvalue weighted by Crippen LogP contribution is 2.29. The summed E-state index contributed by atoms with van der Waals surface area (Å²) in [4.78, 5) is 4.62. The second-order valence-electron chi connectivity index (χ2n) is 5.54. The molecule has 0 spiro atoms. The maximum Gasteiger partial charge on any atom is 0.277 e. The van der Waals surface area contributed by atoms with Crippen molar-refractivity contribution in [1.29, 1.82) is 0 Å². The molecule has 0 bridgehead atoms. The number of benzene rings is 2. The highest BCUT2D eigenvalue weighted by Gasteiger charge is 2.11. The van der Waals surface area contributed by atoms with E-state index in [1.165, 1.54) is 27.6 Å². The van der Waals surface area contributed by atoms with Gasteiger partial charge in [-0.2, -0.15) is 0 Å². The summed E-state index contributed by atoms with van der Waals surface area (Å²) in [6.45, 7) is 4.17. The van der Waals surface area contributed by atoms with Gasteiger partial charge in [0.1, 0.15) is 5.01 Å². The van der Waals surface area contributed by atoms with Crippen LogP contribution in [0.1, 0.15) is 16.1 Å². The zero-order valence-electron chi connectivity index (χ0n) is 13.3. The Balaban J connectivity index is 1.49. The molecule has 0 saturated carbocycles. The van der Waals surface area contributed by atoms with Crippen LogP contribution in [0.2, 0.25) is 0 Å². The smallest absolute Gasteiger partial charge is 0.277 e. The average molecular weight is 353 g/mol. The number of aromatic nitrogens is 3. The molecule has 6 heteroatoms. The molecule has 120 valence electrons. The zero-order chi connectivity index (χ0) is 16.5. The minimum atomic E-state index is 0.560. The van der Waals surface area contributed by atoms with Gasteiger partial charge in [-0.05, 0) is 49.2 Å². The van der Waals surface area contributed by atoms with Gasteiger partial charge in [0, 0.05) is 5.56 Å². The molecule has 0 aliphatic heterocycles. The SMILES string of the molecule is Cc1ccc(-c2nnc(SCc3nc4ccccc4s3)o2)cc1C. The van der Waals surface area contributed by atoms with E-state index >= 15 is 0 Å². The van der Waals surface area contributed by atoms with E-state index in [1.54, 1.807) is 11.3 Å². The molecule has 0 aliphatic carbocycles. The number of nitrogens with zero attached hydrogens (tertiary/aromatic N) is 3. The van der Waals surface area contributed by atoms with Gasteiger partial charge in [-0.25, -0.2) is 4.98 Å². The molecule has 0 fully saturated rings. The highest BCUT2D eigenvalue weighted by molar-refractivity contribution is 7.98. The number of thiazole rings is 1. The Labute approximate surface area is 148 Å². The van der Waals surface area contributed by atoms with Crippen LogP contribution in [-0.2, 0) is 5.75 Å². The first-order valence-electron chi connectivity index (χ1n) is 7.57. The van der Waals surface area contributed by atoms with E-state index in [0.717, 1.165) is 21.8 Å². The Kier molecular flexibility index (Phi) is 4.08. The summed E-state index contributed by atoms with van der Waals surface area (Å²) in [5.41, 5.74) is 4.47. The quantitative estimate of drug-likeness (QED) is 0.469. The van der Waals surface area contributed by atoms with Crippen LogP contribution < -0.4 is 0 Å². The van der Waals surface area contributed by atoms with E-state index in [1.807, 2.05) is 24.3 Å². The third-order valence-electron chi connectivity index (χ3n) is 3.82. The van der Waals surface area contributed by atoms with Crippen LogP contribution in [0.4, 0.5) is 0 Å². The first kappa shape index (κ1) is 15.4. The van der Waals surface area contributed by atoms with Crippen LogP contribution in [0.5, 0.6) is 0 Å². The van der Waals surface area contributed by atoms with Crippen molar-refractivity contribution < 1.29 is 4.42 Å². The van der Waals surface area contributed by atoms with Crippen molar-refractivity contribution in [3.8, 4) is 11.5 Å². The number of para-hydroxylation sites is 1. The lowest BCUT2D eigenvalue weighted by atomic mass is 10.1. The normalized spacial score (nSPS) is 11.2. The summed E-state index contributed by atoms with van der Waals surface area (Å²) in [6.07, 6.45) is 0. The summed E-state index contributed by atoms with van der Waals surface area (Å²) in [5.74, 6) is 1.29. The third-order valence-corrected chi connectivity index (χ3v) is 5.87. The van der Waals surface area contributed by atoms with E-state index in [0.29, 0.717) is 11.1 Å². The average Bonchev–Trinajstić information content (AvgIpc) is 3.21. The van der Waals surface area contributed by atoms with Gasteiger partial charge < -0.3 is 4.42 Å². The summed E-state index contributed by atoms with van der Waals surface area (Å²) < 4.78 is 6.98. The maximum atomic E-state index is 5.78. The molecule has 4 rings (SSSR count). The second-order valence-corrected chi connectivity index (χ2v) is 7.58. The van der Waals surface area contributed by atoms with Crippen molar-refractivity contribution in [2.45, 2.75) is 24.8 Å². The highest BCUT2D eigenvalue weighted by atomic mass is 32.2. The number of aryl methyl sites for hydroxylation is 2. The van der Waals surface area contributed by atoms with Crippen molar-refractivity contribution >= 4 is 33.3 Å². The van der Waals surface area contributed by atoms with Crippen molar-refractivity contribution in [1.82, 2.24) is 15.2 Å². The first-order valence-corrected chi connectivity index (χ1v) is 9.37. The lowest BCUT2D eigenvalue weighted by Crippen LogP contribution is -1.83. The second kappa shape index (κ2) is 6.37. The Bertz CT molecular complexity index is 973. The molecular formula is C18H15N3OS2. The molecule has 0 N–H and O–H groups in total. The lowest BCUT2D eigenvalue weighted by Gasteiger charge is -2.00. The predicted molar refractivity (Wildman–Crippen MR) is 98.4 cm³/mol. The Hall–Kier alpha value is -2.18. The molecule has 0 unspecified atom stereocenters. The van der Waals surface area contributed by atoms with Gasteiger partial charge in [-0.1, -0.05) is 30.0 Å². The molecule has 0 aliphatic rings. The van der Waals surface area contributed by atoms with Gasteiger partial charge in [0.25, 0.3) is 5.22 Å². The van der Waals surface area contributed by atoms with E-state index in [9.17, 15) is 0 Å². The minimum absolute atomic E-state index is 0.560. The fraction of sp³-hybridized carbons (Fsp3) is 0.167. The molecule has 4 aromatic rings.